The lowest BCUT2D eigenvalue weighted by Crippen LogP contribution is -2.45. The molecule has 1 atom stereocenters. The molecule has 0 fully saturated rings. The van der Waals surface area contributed by atoms with Crippen LogP contribution in [-0.2, 0) is 6.54 Å². The molecule has 7 heteroatoms. The number of hydrogen-bond acceptors (Lipinski definition) is 4. The molecule has 1 unspecified atom stereocenters. The number of hydrogen-bond donors (Lipinski definition) is 2. The van der Waals surface area contributed by atoms with E-state index < -0.39 is 0 Å². The number of guanidine groups is 1. The van der Waals surface area contributed by atoms with Gasteiger partial charge in [0.2, 0.25) is 0 Å². The Balaban J connectivity index is 0.00000625. The summed E-state index contributed by atoms with van der Waals surface area (Å²) in [7, 11) is 3.28. The Morgan fingerprint density at radius 2 is 1.73 bits per heavy atom. The Hall–Kier alpha value is -1.22. The van der Waals surface area contributed by atoms with Crippen molar-refractivity contribution in [2.24, 2.45) is 4.99 Å². The second kappa shape index (κ2) is 13.9. The molecule has 1 aromatic rings. The van der Waals surface area contributed by atoms with Crippen LogP contribution in [0.25, 0.3) is 0 Å². The van der Waals surface area contributed by atoms with Gasteiger partial charge in [-0.2, -0.15) is 0 Å². The van der Waals surface area contributed by atoms with Gasteiger partial charge in [-0.1, -0.05) is 19.9 Å². The van der Waals surface area contributed by atoms with E-state index in [4.69, 9.17) is 9.47 Å². The minimum absolute atomic E-state index is 0. The Bertz CT molecular complexity index is 536. The molecule has 6 nitrogen and oxygen atoms in total. The predicted octanol–water partition coefficient (Wildman–Crippen LogP) is 3.11. The quantitative estimate of drug-likeness (QED) is 0.308. The van der Waals surface area contributed by atoms with Gasteiger partial charge >= 0.3 is 0 Å². The van der Waals surface area contributed by atoms with Crippen LogP contribution in [0.15, 0.2) is 23.2 Å². The van der Waals surface area contributed by atoms with E-state index in [9.17, 15) is 0 Å². The molecule has 1 aromatic carbocycles. The standard InChI is InChI=1S/C19H34N4O2.HI/c1-7-20-19(21-13-15(4)23(8-2)9-3)22-14-16-10-11-17(24-5)18(12-16)25-6;/h10-12,15H,7-9,13-14H2,1-6H3,(H2,20,21,22);1H. The lowest BCUT2D eigenvalue weighted by molar-refractivity contribution is 0.231. The van der Waals surface area contributed by atoms with Gasteiger partial charge < -0.3 is 20.1 Å². The van der Waals surface area contributed by atoms with Crippen molar-refractivity contribution in [3.63, 3.8) is 0 Å². The summed E-state index contributed by atoms with van der Waals surface area (Å²) < 4.78 is 10.6. The van der Waals surface area contributed by atoms with E-state index in [0.717, 1.165) is 49.2 Å². The van der Waals surface area contributed by atoms with Gasteiger partial charge in [-0.3, -0.25) is 4.90 Å². The number of halogens is 1. The highest BCUT2D eigenvalue weighted by molar-refractivity contribution is 14.0. The zero-order valence-electron chi connectivity index (χ0n) is 17.0. The first-order valence-corrected chi connectivity index (χ1v) is 9.06. The van der Waals surface area contributed by atoms with Crippen molar-refractivity contribution in [2.75, 3.05) is 40.4 Å². The number of methoxy groups -OCH3 is 2. The maximum Gasteiger partial charge on any atom is 0.191 e. The van der Waals surface area contributed by atoms with Gasteiger partial charge in [0.1, 0.15) is 0 Å². The zero-order valence-corrected chi connectivity index (χ0v) is 19.3. The van der Waals surface area contributed by atoms with Crippen molar-refractivity contribution < 1.29 is 9.47 Å². The maximum atomic E-state index is 5.35. The molecule has 0 amide bonds. The molecule has 0 radical (unpaired) electrons. The molecule has 0 heterocycles. The fourth-order valence-corrected chi connectivity index (χ4v) is 2.71. The van der Waals surface area contributed by atoms with Gasteiger partial charge in [0.05, 0.1) is 20.8 Å². The minimum Gasteiger partial charge on any atom is -0.493 e. The lowest BCUT2D eigenvalue weighted by atomic mass is 10.2. The number of nitrogens with one attached hydrogen (secondary N) is 2. The van der Waals surface area contributed by atoms with E-state index in [1.165, 1.54) is 0 Å². The third-order valence-electron chi connectivity index (χ3n) is 4.21. The monoisotopic (exact) mass is 478 g/mol. The van der Waals surface area contributed by atoms with Gasteiger partial charge in [0, 0.05) is 19.1 Å². The molecular formula is C19H35IN4O2. The Labute approximate surface area is 175 Å². The summed E-state index contributed by atoms with van der Waals surface area (Å²) in [6.45, 7) is 13.1. The van der Waals surface area contributed by atoms with Crippen molar-refractivity contribution in [3.8, 4) is 11.5 Å². The van der Waals surface area contributed by atoms with Crippen LogP contribution in [0.4, 0.5) is 0 Å². The molecule has 0 bridgehead atoms. The zero-order chi connectivity index (χ0) is 18.7. The Morgan fingerprint density at radius 1 is 1.08 bits per heavy atom. The number of aliphatic imine (C=N–C) groups is 1. The molecular weight excluding hydrogens is 443 g/mol. The molecule has 0 aliphatic carbocycles. The topological polar surface area (TPSA) is 58.1 Å². The van der Waals surface area contributed by atoms with Gasteiger partial charge in [0.25, 0.3) is 0 Å². The van der Waals surface area contributed by atoms with E-state index >= 15 is 0 Å². The molecule has 0 aliphatic heterocycles. The highest BCUT2D eigenvalue weighted by atomic mass is 127. The minimum atomic E-state index is 0. The summed E-state index contributed by atoms with van der Waals surface area (Å²) >= 11 is 0. The first-order chi connectivity index (χ1) is 12.1. The van der Waals surface area contributed by atoms with Crippen molar-refractivity contribution in [1.82, 2.24) is 15.5 Å². The second-order valence-electron chi connectivity index (χ2n) is 5.84. The molecule has 0 aliphatic rings. The van der Waals surface area contributed by atoms with Gasteiger partial charge in [-0.15, -0.1) is 24.0 Å². The third-order valence-corrected chi connectivity index (χ3v) is 4.21. The summed E-state index contributed by atoms with van der Waals surface area (Å²) in [5, 5.41) is 6.73. The number of likely N-dealkylation sites (N-methyl/N-ethyl adjacent to an activating group) is 1. The van der Waals surface area contributed by atoms with Crippen LogP contribution in [0.1, 0.15) is 33.3 Å². The summed E-state index contributed by atoms with van der Waals surface area (Å²) in [5.41, 5.74) is 1.08. The first-order valence-electron chi connectivity index (χ1n) is 9.06. The maximum absolute atomic E-state index is 5.35. The van der Waals surface area contributed by atoms with Crippen molar-refractivity contribution in [3.05, 3.63) is 23.8 Å². The Kier molecular flexibility index (Phi) is 13.3. The van der Waals surface area contributed by atoms with Crippen LogP contribution in [0, 0.1) is 0 Å². The highest BCUT2D eigenvalue weighted by Gasteiger charge is 2.10. The largest absolute Gasteiger partial charge is 0.493 e. The molecule has 0 aromatic heterocycles. The van der Waals surface area contributed by atoms with Crippen LogP contribution in [0.2, 0.25) is 0 Å². The van der Waals surface area contributed by atoms with Crippen molar-refractivity contribution >= 4 is 29.9 Å². The molecule has 0 saturated carbocycles. The molecule has 0 spiro atoms. The number of benzene rings is 1. The molecule has 2 N–H and O–H groups in total. The van der Waals surface area contributed by atoms with E-state index in [1.807, 2.05) is 18.2 Å². The third kappa shape index (κ3) is 7.99. The molecule has 1 rings (SSSR count). The Morgan fingerprint density at radius 3 is 2.27 bits per heavy atom. The van der Waals surface area contributed by atoms with Crippen molar-refractivity contribution in [2.45, 2.75) is 40.3 Å². The summed E-state index contributed by atoms with van der Waals surface area (Å²) in [5.74, 6) is 2.29. The first kappa shape index (κ1) is 24.8. The van der Waals surface area contributed by atoms with Gasteiger partial charge in [-0.25, -0.2) is 4.99 Å². The number of ether oxygens (including phenoxy) is 2. The SMILES string of the molecule is CCNC(=NCc1ccc(OC)c(OC)c1)NCC(C)N(CC)CC.I. The van der Waals surface area contributed by atoms with E-state index in [0.29, 0.717) is 12.6 Å². The second-order valence-corrected chi connectivity index (χ2v) is 5.84. The van der Waals surface area contributed by atoms with Crippen LogP contribution < -0.4 is 20.1 Å². The van der Waals surface area contributed by atoms with E-state index in [-0.39, 0.29) is 24.0 Å². The molecule has 150 valence electrons. The average Bonchev–Trinajstić information content (AvgIpc) is 2.64. The van der Waals surface area contributed by atoms with Crippen LogP contribution in [0.5, 0.6) is 11.5 Å². The average molecular weight is 478 g/mol. The smallest absolute Gasteiger partial charge is 0.191 e. The van der Waals surface area contributed by atoms with E-state index in [2.05, 4.69) is 48.2 Å². The van der Waals surface area contributed by atoms with E-state index in [1.54, 1.807) is 14.2 Å². The van der Waals surface area contributed by atoms with Crippen LogP contribution >= 0.6 is 24.0 Å². The normalized spacial score (nSPS) is 12.3. The lowest BCUT2D eigenvalue weighted by Gasteiger charge is -2.27. The molecule has 0 saturated heterocycles. The van der Waals surface area contributed by atoms with Gasteiger partial charge in [-0.05, 0) is 44.6 Å². The fourth-order valence-electron chi connectivity index (χ4n) is 2.71. The number of rotatable bonds is 10. The van der Waals surface area contributed by atoms with Crippen LogP contribution in [0.3, 0.4) is 0 Å². The molecule has 26 heavy (non-hydrogen) atoms. The van der Waals surface area contributed by atoms with Gasteiger partial charge in [0.15, 0.2) is 17.5 Å². The summed E-state index contributed by atoms with van der Waals surface area (Å²) in [4.78, 5) is 7.10. The summed E-state index contributed by atoms with van der Waals surface area (Å²) in [6.07, 6.45) is 0. The fraction of sp³-hybridized carbons (Fsp3) is 0.632. The predicted molar refractivity (Wildman–Crippen MR) is 120 cm³/mol. The van der Waals surface area contributed by atoms with Crippen LogP contribution in [-0.4, -0.2) is 57.3 Å². The summed E-state index contributed by atoms with van der Waals surface area (Å²) in [6, 6.07) is 6.34. The number of nitrogens with zero attached hydrogens (tertiary/aromatic N) is 2. The van der Waals surface area contributed by atoms with Crippen molar-refractivity contribution in [1.29, 1.82) is 0 Å². The highest BCUT2D eigenvalue weighted by Crippen LogP contribution is 2.27.